The van der Waals surface area contributed by atoms with Crippen LogP contribution in [-0.4, -0.2) is 10.3 Å². The number of nitrogens with zero attached hydrogens (tertiary/aromatic N) is 1. The molecule has 0 aromatic rings. The predicted molar refractivity (Wildman–Crippen MR) is 26.9 cm³/mol. The molecule has 0 N–H and O–H groups in total. The molecule has 0 heterocycles. The molecule has 0 saturated heterocycles. The maximum atomic E-state index is 11.5. The highest BCUT2D eigenvalue weighted by atomic mass is 35.5. The molecule has 0 saturated carbocycles. The predicted octanol–water partition coefficient (Wildman–Crippen LogP) is 1.61. The summed E-state index contributed by atoms with van der Waals surface area (Å²) in [4.78, 5) is 8.36. The minimum absolute atomic E-state index is 0.00540. The molecule has 52 valence electrons. The molecule has 0 rings (SSSR count). The molecule has 0 aliphatic carbocycles. The average molecular weight is 158 g/mol. The third kappa shape index (κ3) is 7.29. The van der Waals surface area contributed by atoms with Crippen LogP contribution in [0.4, 0.5) is 8.78 Å². The molecule has 0 aromatic heterocycles. The van der Waals surface area contributed by atoms with Gasteiger partial charge in [0.25, 0.3) is 0 Å². The van der Waals surface area contributed by atoms with Gasteiger partial charge in [0.15, 0.2) is 0 Å². The Morgan fingerprint density at radius 2 is 2.11 bits per heavy atom. The topological polar surface area (TPSA) is 43.1 Å². The van der Waals surface area contributed by atoms with Gasteiger partial charge in [0.05, 0.1) is 11.0 Å². The summed E-state index contributed by atoms with van der Waals surface area (Å²) >= 11 is 4.25. The molecule has 0 fully saturated rings. The fourth-order valence-corrected chi connectivity index (χ4v) is 0.202. The molecule has 9 heavy (non-hydrogen) atoms. The maximum Gasteiger partial charge on any atom is 0.347 e. The van der Waals surface area contributed by atoms with Crippen LogP contribution >= 0.6 is 11.6 Å². The molecular formula is C3H2ClF2NO2. The van der Waals surface area contributed by atoms with Crippen molar-refractivity contribution in [2.24, 2.45) is 0 Å². The van der Waals surface area contributed by atoms with Gasteiger partial charge in [-0.05, 0) is 11.6 Å². The van der Waals surface area contributed by atoms with Crippen molar-refractivity contribution >= 4 is 11.6 Å². The van der Waals surface area contributed by atoms with Crippen molar-refractivity contribution < 1.29 is 13.7 Å². The SMILES string of the molecule is O=[N+]([O-])/C=C/C(F)(F)Cl. The summed E-state index contributed by atoms with van der Waals surface area (Å²) in [6, 6.07) is 0. The molecule has 3 nitrogen and oxygen atoms in total. The van der Waals surface area contributed by atoms with Gasteiger partial charge in [0.1, 0.15) is 0 Å². The molecule has 0 bridgehead atoms. The normalized spacial score (nSPS) is 12.3. The second kappa shape index (κ2) is 2.72. The van der Waals surface area contributed by atoms with Gasteiger partial charge in [-0.1, -0.05) is 0 Å². The van der Waals surface area contributed by atoms with Crippen molar-refractivity contribution in [1.29, 1.82) is 0 Å². The van der Waals surface area contributed by atoms with E-state index in [1.807, 2.05) is 0 Å². The van der Waals surface area contributed by atoms with E-state index >= 15 is 0 Å². The molecule has 0 atom stereocenters. The third-order valence-corrected chi connectivity index (χ3v) is 0.511. The minimum Gasteiger partial charge on any atom is -0.259 e. The van der Waals surface area contributed by atoms with Crippen LogP contribution in [0.25, 0.3) is 0 Å². The van der Waals surface area contributed by atoms with E-state index in [-0.39, 0.29) is 12.3 Å². The first-order chi connectivity index (χ1) is 3.92. The van der Waals surface area contributed by atoms with E-state index in [0.717, 1.165) is 0 Å². The Kier molecular flexibility index (Phi) is 2.51. The third-order valence-electron chi connectivity index (χ3n) is 0.385. The zero-order valence-corrected chi connectivity index (χ0v) is 4.81. The lowest BCUT2D eigenvalue weighted by atomic mass is 10.6. The smallest absolute Gasteiger partial charge is 0.259 e. The van der Waals surface area contributed by atoms with E-state index in [0.29, 0.717) is 0 Å². The van der Waals surface area contributed by atoms with Crippen molar-refractivity contribution in [2.45, 2.75) is 5.38 Å². The second-order valence-electron chi connectivity index (χ2n) is 1.14. The second-order valence-corrected chi connectivity index (χ2v) is 1.65. The van der Waals surface area contributed by atoms with Gasteiger partial charge in [0.2, 0.25) is 6.20 Å². The number of hydrogen-bond acceptors (Lipinski definition) is 2. The highest BCUT2D eigenvalue weighted by Crippen LogP contribution is 2.19. The van der Waals surface area contributed by atoms with Gasteiger partial charge >= 0.3 is 5.38 Å². The highest BCUT2D eigenvalue weighted by Gasteiger charge is 2.21. The van der Waals surface area contributed by atoms with Crippen molar-refractivity contribution in [1.82, 2.24) is 0 Å². The monoisotopic (exact) mass is 157 g/mol. The van der Waals surface area contributed by atoms with Gasteiger partial charge in [-0.15, -0.1) is 0 Å². The quantitative estimate of drug-likeness (QED) is 0.347. The maximum absolute atomic E-state index is 11.5. The summed E-state index contributed by atoms with van der Waals surface area (Å²) in [5, 5.41) is 5.75. The Morgan fingerprint density at radius 3 is 2.22 bits per heavy atom. The first-order valence-electron chi connectivity index (χ1n) is 1.81. The molecular weight excluding hydrogens is 155 g/mol. The number of halogens is 3. The van der Waals surface area contributed by atoms with Crippen molar-refractivity contribution in [3.05, 3.63) is 22.4 Å². The zero-order chi connectivity index (χ0) is 7.49. The number of hydrogen-bond donors (Lipinski definition) is 0. The van der Waals surface area contributed by atoms with Crippen molar-refractivity contribution in [3.63, 3.8) is 0 Å². The summed E-state index contributed by atoms with van der Waals surface area (Å²) in [5.41, 5.74) is 0. The lowest BCUT2D eigenvalue weighted by molar-refractivity contribution is -0.403. The molecule has 0 amide bonds. The fraction of sp³-hybridized carbons (Fsp3) is 0.333. The van der Waals surface area contributed by atoms with Crippen LogP contribution in [0.15, 0.2) is 12.3 Å². The molecule has 6 heteroatoms. The molecule has 0 radical (unpaired) electrons. The first-order valence-corrected chi connectivity index (χ1v) is 2.19. The Bertz CT molecular complexity index is 141. The summed E-state index contributed by atoms with van der Waals surface area (Å²) in [5.74, 6) is 0. The highest BCUT2D eigenvalue weighted by molar-refractivity contribution is 6.22. The molecule has 0 spiro atoms. The first kappa shape index (κ1) is 8.29. The molecule has 0 aliphatic heterocycles. The van der Waals surface area contributed by atoms with E-state index in [2.05, 4.69) is 11.6 Å². The van der Waals surface area contributed by atoms with E-state index < -0.39 is 10.3 Å². The standard InChI is InChI=1S/C3H2ClF2NO2/c4-3(5,6)1-2-7(8)9/h1-2H/b2-1+. The van der Waals surface area contributed by atoms with E-state index in [1.165, 1.54) is 0 Å². The van der Waals surface area contributed by atoms with Gasteiger partial charge in [-0.25, -0.2) is 0 Å². The summed E-state index contributed by atoms with van der Waals surface area (Å²) in [6.07, 6.45) is 0.0849. The summed E-state index contributed by atoms with van der Waals surface area (Å²) in [7, 11) is 0. The van der Waals surface area contributed by atoms with Crippen LogP contribution in [-0.2, 0) is 0 Å². The van der Waals surface area contributed by atoms with E-state index in [1.54, 1.807) is 0 Å². The zero-order valence-electron chi connectivity index (χ0n) is 4.05. The lowest BCUT2D eigenvalue weighted by Gasteiger charge is -1.94. The average Bonchev–Trinajstić information content (AvgIpc) is 1.59. The van der Waals surface area contributed by atoms with Gasteiger partial charge in [-0.2, -0.15) is 8.78 Å². The molecule has 0 unspecified atom stereocenters. The number of nitro groups is 1. The van der Waals surface area contributed by atoms with Crippen LogP contribution < -0.4 is 0 Å². The number of allylic oxidation sites excluding steroid dienone is 1. The van der Waals surface area contributed by atoms with Gasteiger partial charge in [-0.3, -0.25) is 10.1 Å². The van der Waals surface area contributed by atoms with Gasteiger partial charge < -0.3 is 0 Å². The molecule has 0 aliphatic rings. The van der Waals surface area contributed by atoms with Crippen molar-refractivity contribution in [2.75, 3.05) is 0 Å². The molecule has 0 aromatic carbocycles. The van der Waals surface area contributed by atoms with E-state index in [4.69, 9.17) is 0 Å². The van der Waals surface area contributed by atoms with Crippen LogP contribution in [0.1, 0.15) is 0 Å². The van der Waals surface area contributed by atoms with Crippen LogP contribution in [0.3, 0.4) is 0 Å². The largest absolute Gasteiger partial charge is 0.347 e. The van der Waals surface area contributed by atoms with Crippen LogP contribution in [0.5, 0.6) is 0 Å². The Balaban J connectivity index is 3.86. The number of rotatable bonds is 2. The summed E-state index contributed by atoms with van der Waals surface area (Å²) in [6.45, 7) is 0. The summed E-state index contributed by atoms with van der Waals surface area (Å²) < 4.78 is 22.9. The lowest BCUT2D eigenvalue weighted by Crippen LogP contribution is -2.00. The fourth-order valence-electron chi connectivity index (χ4n) is 0.145. The minimum atomic E-state index is -3.62. The Hall–Kier alpha value is -0.710. The Labute approximate surface area is 54.1 Å². The van der Waals surface area contributed by atoms with Crippen LogP contribution in [0.2, 0.25) is 0 Å². The van der Waals surface area contributed by atoms with E-state index in [9.17, 15) is 18.9 Å². The number of alkyl halides is 3. The van der Waals surface area contributed by atoms with Crippen molar-refractivity contribution in [3.8, 4) is 0 Å². The van der Waals surface area contributed by atoms with Gasteiger partial charge in [0, 0.05) is 0 Å². The van der Waals surface area contributed by atoms with Crippen LogP contribution in [0, 0.1) is 10.1 Å². The Morgan fingerprint density at radius 1 is 1.67 bits per heavy atom.